The van der Waals surface area contributed by atoms with Gasteiger partial charge < -0.3 is 20.5 Å². The summed E-state index contributed by atoms with van der Waals surface area (Å²) in [7, 11) is 0. The third-order valence-electron chi connectivity index (χ3n) is 2.65. The Labute approximate surface area is 99.9 Å². The SMILES string of the molecule is NC[C@H]1OC(=O)N[C@@H]1COCc1ccccc1. The number of nitrogens with one attached hydrogen (secondary N) is 1. The molecule has 0 radical (unpaired) electrons. The van der Waals surface area contributed by atoms with Crippen molar-refractivity contribution in [2.24, 2.45) is 5.73 Å². The number of ether oxygens (including phenoxy) is 2. The van der Waals surface area contributed by atoms with E-state index in [0.29, 0.717) is 19.8 Å². The first kappa shape index (κ1) is 11.9. The van der Waals surface area contributed by atoms with Crippen molar-refractivity contribution < 1.29 is 14.3 Å². The van der Waals surface area contributed by atoms with E-state index in [4.69, 9.17) is 15.2 Å². The summed E-state index contributed by atoms with van der Waals surface area (Å²) in [6.45, 7) is 1.23. The summed E-state index contributed by atoms with van der Waals surface area (Å²) in [5.74, 6) is 0. The van der Waals surface area contributed by atoms with E-state index < -0.39 is 6.09 Å². The van der Waals surface area contributed by atoms with Gasteiger partial charge in [-0.3, -0.25) is 0 Å². The van der Waals surface area contributed by atoms with Gasteiger partial charge in [0.05, 0.1) is 19.3 Å². The number of carbonyl (C=O) groups is 1. The van der Waals surface area contributed by atoms with Crippen LogP contribution in [0.2, 0.25) is 0 Å². The van der Waals surface area contributed by atoms with Crippen molar-refractivity contribution in [3.05, 3.63) is 35.9 Å². The predicted molar refractivity (Wildman–Crippen MR) is 62.3 cm³/mol. The average molecular weight is 236 g/mol. The molecule has 0 unspecified atom stereocenters. The topological polar surface area (TPSA) is 73.6 Å². The zero-order chi connectivity index (χ0) is 12.1. The minimum Gasteiger partial charge on any atom is -0.443 e. The van der Waals surface area contributed by atoms with Crippen LogP contribution in [0.5, 0.6) is 0 Å². The summed E-state index contributed by atoms with van der Waals surface area (Å²) in [5, 5.41) is 2.67. The van der Waals surface area contributed by atoms with Crippen LogP contribution in [0, 0.1) is 0 Å². The summed E-state index contributed by atoms with van der Waals surface area (Å²) in [4.78, 5) is 11.0. The van der Waals surface area contributed by atoms with Gasteiger partial charge in [0.1, 0.15) is 6.10 Å². The summed E-state index contributed by atoms with van der Waals surface area (Å²) in [5.41, 5.74) is 6.60. The van der Waals surface area contributed by atoms with Crippen LogP contribution in [0.15, 0.2) is 30.3 Å². The van der Waals surface area contributed by atoms with Crippen molar-refractivity contribution in [3.8, 4) is 0 Å². The molecule has 3 N–H and O–H groups in total. The highest BCUT2D eigenvalue weighted by Gasteiger charge is 2.32. The molecule has 5 heteroatoms. The van der Waals surface area contributed by atoms with Crippen LogP contribution in [0.1, 0.15) is 5.56 Å². The van der Waals surface area contributed by atoms with E-state index in [2.05, 4.69) is 5.32 Å². The second kappa shape index (κ2) is 5.65. The smallest absolute Gasteiger partial charge is 0.407 e. The number of hydrogen-bond acceptors (Lipinski definition) is 4. The van der Waals surface area contributed by atoms with Crippen LogP contribution in [-0.4, -0.2) is 31.4 Å². The molecule has 0 saturated carbocycles. The zero-order valence-electron chi connectivity index (χ0n) is 9.46. The van der Waals surface area contributed by atoms with E-state index >= 15 is 0 Å². The largest absolute Gasteiger partial charge is 0.443 e. The van der Waals surface area contributed by atoms with Crippen molar-refractivity contribution in [2.45, 2.75) is 18.8 Å². The first-order valence-electron chi connectivity index (χ1n) is 5.58. The second-order valence-corrected chi connectivity index (χ2v) is 3.93. The third kappa shape index (κ3) is 3.18. The molecule has 0 aliphatic carbocycles. The van der Waals surface area contributed by atoms with Gasteiger partial charge in [-0.05, 0) is 5.56 Å². The van der Waals surface area contributed by atoms with Gasteiger partial charge in [0.25, 0.3) is 0 Å². The van der Waals surface area contributed by atoms with Gasteiger partial charge in [-0.15, -0.1) is 0 Å². The highest BCUT2D eigenvalue weighted by atomic mass is 16.6. The van der Waals surface area contributed by atoms with E-state index in [1.54, 1.807) is 0 Å². The molecule has 2 rings (SSSR count). The molecule has 0 bridgehead atoms. The predicted octanol–water partition coefficient (Wildman–Crippen LogP) is 0.639. The quantitative estimate of drug-likeness (QED) is 0.786. The van der Waals surface area contributed by atoms with E-state index in [1.165, 1.54) is 0 Å². The maximum atomic E-state index is 11.0. The molecule has 1 amide bonds. The Morgan fingerprint density at radius 2 is 2.12 bits per heavy atom. The lowest BCUT2D eigenvalue weighted by Gasteiger charge is -2.15. The van der Waals surface area contributed by atoms with E-state index in [0.717, 1.165) is 5.56 Å². The van der Waals surface area contributed by atoms with Crippen LogP contribution >= 0.6 is 0 Å². The lowest BCUT2D eigenvalue weighted by atomic mass is 10.2. The molecule has 1 aliphatic heterocycles. The van der Waals surface area contributed by atoms with E-state index in [1.807, 2.05) is 30.3 Å². The summed E-state index contributed by atoms with van der Waals surface area (Å²) in [6.07, 6.45) is -0.716. The molecule has 0 aromatic heterocycles. The number of hydrogen-bond donors (Lipinski definition) is 2. The average Bonchev–Trinajstić information content (AvgIpc) is 2.71. The fourth-order valence-electron chi connectivity index (χ4n) is 1.74. The first-order valence-corrected chi connectivity index (χ1v) is 5.58. The van der Waals surface area contributed by atoms with Crippen molar-refractivity contribution in [1.29, 1.82) is 0 Å². The number of alkyl carbamates (subject to hydrolysis) is 1. The van der Waals surface area contributed by atoms with Gasteiger partial charge in [-0.2, -0.15) is 0 Å². The van der Waals surface area contributed by atoms with Crippen molar-refractivity contribution in [3.63, 3.8) is 0 Å². The summed E-state index contributed by atoms with van der Waals surface area (Å²) >= 11 is 0. The molecule has 17 heavy (non-hydrogen) atoms. The Morgan fingerprint density at radius 1 is 1.35 bits per heavy atom. The molecule has 1 aliphatic rings. The number of amides is 1. The number of carbonyl (C=O) groups excluding carboxylic acids is 1. The minimum atomic E-state index is -0.422. The molecule has 92 valence electrons. The number of cyclic esters (lactones) is 1. The molecule has 2 atom stereocenters. The lowest BCUT2D eigenvalue weighted by molar-refractivity contribution is 0.0745. The van der Waals surface area contributed by atoms with Gasteiger partial charge in [-0.1, -0.05) is 30.3 Å². The minimum absolute atomic E-state index is 0.156. The molecular weight excluding hydrogens is 220 g/mol. The molecule has 1 aromatic rings. The Morgan fingerprint density at radius 3 is 2.82 bits per heavy atom. The Balaban J connectivity index is 1.77. The van der Waals surface area contributed by atoms with Crippen LogP contribution in [-0.2, 0) is 16.1 Å². The normalized spacial score (nSPS) is 23.2. The van der Waals surface area contributed by atoms with Gasteiger partial charge >= 0.3 is 6.09 Å². The van der Waals surface area contributed by atoms with Gasteiger partial charge in [0, 0.05) is 6.54 Å². The monoisotopic (exact) mass is 236 g/mol. The Hall–Kier alpha value is -1.59. The lowest BCUT2D eigenvalue weighted by Crippen LogP contribution is -2.39. The first-order chi connectivity index (χ1) is 8.29. The summed E-state index contributed by atoms with van der Waals surface area (Å²) in [6, 6.07) is 9.70. The molecule has 1 heterocycles. The standard InChI is InChI=1S/C12H16N2O3/c13-6-11-10(14-12(15)17-11)8-16-7-9-4-2-1-3-5-9/h1-5,10-11H,6-8,13H2,(H,14,15)/t10-,11-/m1/s1. The zero-order valence-corrected chi connectivity index (χ0v) is 9.46. The van der Waals surface area contributed by atoms with Crippen molar-refractivity contribution in [2.75, 3.05) is 13.2 Å². The number of nitrogens with two attached hydrogens (primary N) is 1. The fourth-order valence-corrected chi connectivity index (χ4v) is 1.74. The van der Waals surface area contributed by atoms with Crippen LogP contribution < -0.4 is 11.1 Å². The van der Waals surface area contributed by atoms with Gasteiger partial charge in [0.2, 0.25) is 0 Å². The van der Waals surface area contributed by atoms with Crippen molar-refractivity contribution >= 4 is 6.09 Å². The molecular formula is C12H16N2O3. The second-order valence-electron chi connectivity index (χ2n) is 3.93. The molecule has 0 spiro atoms. The van der Waals surface area contributed by atoms with Gasteiger partial charge in [-0.25, -0.2) is 4.79 Å². The van der Waals surface area contributed by atoms with E-state index in [-0.39, 0.29) is 12.1 Å². The van der Waals surface area contributed by atoms with Crippen molar-refractivity contribution in [1.82, 2.24) is 5.32 Å². The van der Waals surface area contributed by atoms with Crippen LogP contribution in [0.3, 0.4) is 0 Å². The molecule has 1 fully saturated rings. The molecule has 1 saturated heterocycles. The van der Waals surface area contributed by atoms with Crippen LogP contribution in [0.4, 0.5) is 4.79 Å². The highest BCUT2D eigenvalue weighted by molar-refractivity contribution is 5.70. The Kier molecular flexibility index (Phi) is 3.95. The highest BCUT2D eigenvalue weighted by Crippen LogP contribution is 2.09. The maximum absolute atomic E-state index is 11.0. The molecule has 5 nitrogen and oxygen atoms in total. The number of rotatable bonds is 5. The summed E-state index contributed by atoms with van der Waals surface area (Å²) < 4.78 is 10.5. The molecule has 1 aromatic carbocycles. The fraction of sp³-hybridized carbons (Fsp3) is 0.417. The number of benzene rings is 1. The third-order valence-corrected chi connectivity index (χ3v) is 2.65. The van der Waals surface area contributed by atoms with E-state index in [9.17, 15) is 4.79 Å². The maximum Gasteiger partial charge on any atom is 0.407 e. The van der Waals surface area contributed by atoms with Gasteiger partial charge in [0.15, 0.2) is 0 Å². The Bertz CT molecular complexity index is 369. The van der Waals surface area contributed by atoms with Crippen LogP contribution in [0.25, 0.3) is 0 Å².